The molecule has 0 aliphatic rings. The van der Waals surface area contributed by atoms with E-state index in [0.29, 0.717) is 78.1 Å². The lowest BCUT2D eigenvalue weighted by Gasteiger charge is -2.20. The molecule has 5 aromatic rings. The standard InChI is InChI=1S/C28H28N2O8/c1-29-17-9-14-18(30(2)22-16(24(14)32)12-20(34-4)26(36-6)28(22)38-8)10-13(17)23(31)15-11-19(33-3)25(35-5)27(37-7)21(15)29/h9-12H,1-8H3. The molecule has 0 spiro atoms. The van der Waals surface area contributed by atoms with E-state index in [1.807, 2.05) is 23.2 Å². The Morgan fingerprint density at radius 2 is 0.816 bits per heavy atom. The molecule has 0 amide bonds. The number of hydrogen-bond donors (Lipinski definition) is 0. The summed E-state index contributed by atoms with van der Waals surface area (Å²) in [6, 6.07) is 6.74. The summed E-state index contributed by atoms with van der Waals surface area (Å²) in [5.74, 6) is 2.20. The molecule has 3 aromatic carbocycles. The van der Waals surface area contributed by atoms with Gasteiger partial charge in [-0.25, -0.2) is 0 Å². The lowest BCUT2D eigenvalue weighted by Crippen LogP contribution is -2.15. The van der Waals surface area contributed by atoms with Crippen LogP contribution < -0.4 is 39.3 Å². The third-order valence-electron chi connectivity index (χ3n) is 7.09. The molecule has 0 N–H and O–H groups in total. The van der Waals surface area contributed by atoms with Crippen molar-refractivity contribution in [1.82, 2.24) is 9.13 Å². The zero-order chi connectivity index (χ0) is 27.5. The van der Waals surface area contributed by atoms with Crippen LogP contribution >= 0.6 is 0 Å². The van der Waals surface area contributed by atoms with E-state index in [-0.39, 0.29) is 10.9 Å². The molecule has 0 fully saturated rings. The average molecular weight is 521 g/mol. The first-order valence-corrected chi connectivity index (χ1v) is 11.7. The van der Waals surface area contributed by atoms with Gasteiger partial charge < -0.3 is 37.6 Å². The maximum atomic E-state index is 13.9. The van der Waals surface area contributed by atoms with E-state index in [2.05, 4.69) is 0 Å². The van der Waals surface area contributed by atoms with Crippen LogP contribution in [0, 0.1) is 0 Å². The molecule has 0 radical (unpaired) electrons. The van der Waals surface area contributed by atoms with Gasteiger partial charge in [0.1, 0.15) is 0 Å². The molecular formula is C28H28N2O8. The molecule has 10 nitrogen and oxygen atoms in total. The van der Waals surface area contributed by atoms with Crippen LogP contribution in [0.2, 0.25) is 0 Å². The number of rotatable bonds is 6. The minimum Gasteiger partial charge on any atom is -0.493 e. The van der Waals surface area contributed by atoms with Gasteiger partial charge in [-0.1, -0.05) is 0 Å². The Hall–Kier alpha value is -4.60. The minimum absolute atomic E-state index is 0.235. The average Bonchev–Trinajstić information content (AvgIpc) is 2.95. The van der Waals surface area contributed by atoms with E-state index >= 15 is 0 Å². The van der Waals surface area contributed by atoms with Gasteiger partial charge >= 0.3 is 0 Å². The summed E-state index contributed by atoms with van der Waals surface area (Å²) in [7, 11) is 12.6. The molecule has 0 saturated heterocycles. The Morgan fingerprint density at radius 1 is 0.474 bits per heavy atom. The number of fused-ring (bicyclic) bond motifs is 4. The van der Waals surface area contributed by atoms with Crippen LogP contribution in [0.15, 0.2) is 33.9 Å². The molecule has 38 heavy (non-hydrogen) atoms. The first kappa shape index (κ1) is 25.1. The van der Waals surface area contributed by atoms with Crippen molar-refractivity contribution < 1.29 is 28.4 Å². The minimum atomic E-state index is -0.235. The van der Waals surface area contributed by atoms with Gasteiger partial charge in [0.15, 0.2) is 33.9 Å². The molecule has 2 aromatic heterocycles. The van der Waals surface area contributed by atoms with E-state index in [1.54, 1.807) is 24.3 Å². The highest BCUT2D eigenvalue weighted by Crippen LogP contribution is 2.45. The van der Waals surface area contributed by atoms with Crippen LogP contribution in [0.5, 0.6) is 34.5 Å². The first-order valence-electron chi connectivity index (χ1n) is 11.7. The summed E-state index contributed by atoms with van der Waals surface area (Å²) in [6.45, 7) is 0. The van der Waals surface area contributed by atoms with E-state index in [0.717, 1.165) is 0 Å². The van der Waals surface area contributed by atoms with Crippen molar-refractivity contribution in [3.8, 4) is 34.5 Å². The molecule has 0 bridgehead atoms. The van der Waals surface area contributed by atoms with Crippen molar-refractivity contribution in [2.75, 3.05) is 42.7 Å². The quantitative estimate of drug-likeness (QED) is 0.312. The van der Waals surface area contributed by atoms with Crippen LogP contribution in [-0.4, -0.2) is 51.8 Å². The summed E-state index contributed by atoms with van der Waals surface area (Å²) in [5, 5.41) is 1.64. The maximum absolute atomic E-state index is 13.9. The Balaban J connectivity index is 2.04. The van der Waals surface area contributed by atoms with Crippen molar-refractivity contribution in [2.45, 2.75) is 0 Å². The zero-order valence-electron chi connectivity index (χ0n) is 22.5. The monoisotopic (exact) mass is 520 g/mol. The highest BCUT2D eigenvalue weighted by Gasteiger charge is 2.24. The fourth-order valence-corrected chi connectivity index (χ4v) is 5.32. The highest BCUT2D eigenvalue weighted by molar-refractivity contribution is 6.06. The summed E-state index contributed by atoms with van der Waals surface area (Å²) < 4.78 is 37.0. The molecule has 198 valence electrons. The predicted molar refractivity (Wildman–Crippen MR) is 146 cm³/mol. The van der Waals surface area contributed by atoms with Gasteiger partial charge in [-0.3, -0.25) is 9.59 Å². The number of hydrogen-bond acceptors (Lipinski definition) is 8. The van der Waals surface area contributed by atoms with Crippen molar-refractivity contribution in [2.24, 2.45) is 14.1 Å². The van der Waals surface area contributed by atoms with Crippen molar-refractivity contribution in [1.29, 1.82) is 0 Å². The maximum Gasteiger partial charge on any atom is 0.205 e. The molecule has 0 saturated carbocycles. The molecule has 0 unspecified atom stereocenters. The molecule has 10 heteroatoms. The number of aromatic nitrogens is 2. The van der Waals surface area contributed by atoms with E-state index in [4.69, 9.17) is 28.4 Å². The molecule has 0 aliphatic heterocycles. The topological polar surface area (TPSA) is 99.4 Å². The highest BCUT2D eigenvalue weighted by atomic mass is 16.5. The normalized spacial score (nSPS) is 11.4. The summed E-state index contributed by atoms with van der Waals surface area (Å²) >= 11 is 0. The summed E-state index contributed by atoms with van der Waals surface area (Å²) in [4.78, 5) is 27.7. The summed E-state index contributed by atoms with van der Waals surface area (Å²) in [5.41, 5.74) is 1.69. The fourth-order valence-electron chi connectivity index (χ4n) is 5.32. The van der Waals surface area contributed by atoms with Crippen LogP contribution in [0.1, 0.15) is 0 Å². The van der Waals surface area contributed by atoms with Crippen LogP contribution in [0.3, 0.4) is 0 Å². The lowest BCUT2D eigenvalue weighted by atomic mass is 10.0. The Labute approximate surface area is 217 Å². The number of aryl methyl sites for hydroxylation is 2. The summed E-state index contributed by atoms with van der Waals surface area (Å²) in [6.07, 6.45) is 0. The number of methoxy groups -OCH3 is 6. The number of nitrogens with zero attached hydrogens (tertiary/aromatic N) is 2. The second-order valence-corrected chi connectivity index (χ2v) is 8.75. The van der Waals surface area contributed by atoms with Gasteiger partial charge in [0.25, 0.3) is 0 Å². The molecule has 0 atom stereocenters. The number of pyridine rings is 2. The van der Waals surface area contributed by atoms with E-state index in [1.165, 1.54) is 42.7 Å². The van der Waals surface area contributed by atoms with Gasteiger partial charge in [0, 0.05) is 24.9 Å². The zero-order valence-corrected chi connectivity index (χ0v) is 22.5. The second-order valence-electron chi connectivity index (χ2n) is 8.75. The fraction of sp³-hybridized carbons (Fsp3) is 0.286. The molecular weight excluding hydrogens is 492 g/mol. The third kappa shape index (κ3) is 3.19. The van der Waals surface area contributed by atoms with Crippen LogP contribution in [-0.2, 0) is 14.1 Å². The van der Waals surface area contributed by atoms with Crippen molar-refractivity contribution >= 4 is 43.6 Å². The van der Waals surface area contributed by atoms with Crippen molar-refractivity contribution in [3.63, 3.8) is 0 Å². The smallest absolute Gasteiger partial charge is 0.205 e. The van der Waals surface area contributed by atoms with Gasteiger partial charge in [-0.15, -0.1) is 0 Å². The number of ether oxygens (including phenoxy) is 6. The van der Waals surface area contributed by atoms with Gasteiger partial charge in [0.05, 0.1) is 75.5 Å². The molecule has 5 rings (SSSR count). The molecule has 2 heterocycles. The Kier molecular flexibility index (Phi) is 5.97. The van der Waals surface area contributed by atoms with E-state index in [9.17, 15) is 9.59 Å². The van der Waals surface area contributed by atoms with Crippen molar-refractivity contribution in [3.05, 3.63) is 44.7 Å². The van der Waals surface area contributed by atoms with Crippen LogP contribution in [0.25, 0.3) is 43.6 Å². The SMILES string of the molecule is COc1cc2c(=O)c3cc4c(cc3n(C)c2c(OC)c1OC)c(=O)c1cc(OC)c(OC)c(OC)c1n4C. The Morgan fingerprint density at radius 3 is 1.11 bits per heavy atom. The third-order valence-corrected chi connectivity index (χ3v) is 7.09. The van der Waals surface area contributed by atoms with Gasteiger partial charge in [-0.05, 0) is 24.3 Å². The number of benzene rings is 3. The lowest BCUT2D eigenvalue weighted by molar-refractivity contribution is 0.326. The van der Waals surface area contributed by atoms with Crippen LogP contribution in [0.4, 0.5) is 0 Å². The largest absolute Gasteiger partial charge is 0.493 e. The Bertz CT molecular complexity index is 1760. The van der Waals surface area contributed by atoms with E-state index < -0.39 is 0 Å². The van der Waals surface area contributed by atoms with Gasteiger partial charge in [0.2, 0.25) is 11.5 Å². The predicted octanol–water partition coefficient (Wildman–Crippen LogP) is 3.75. The first-order chi connectivity index (χ1) is 18.3. The second kappa shape index (κ2) is 9.05. The molecule has 0 aliphatic carbocycles. The van der Waals surface area contributed by atoms with Gasteiger partial charge in [-0.2, -0.15) is 0 Å².